The van der Waals surface area contributed by atoms with Crippen molar-refractivity contribution in [2.45, 2.75) is 13.5 Å². The van der Waals surface area contributed by atoms with Gasteiger partial charge in [-0.3, -0.25) is 4.90 Å². The van der Waals surface area contributed by atoms with Crippen molar-refractivity contribution in [2.75, 3.05) is 59.0 Å². The fraction of sp³-hybridized carbons (Fsp3) is 0.684. The molecule has 7 nitrogen and oxygen atoms in total. The number of piperazine rings is 1. The first-order valence-corrected chi connectivity index (χ1v) is 9.75. The maximum Gasteiger partial charge on any atom is 0.139 e. The molecule has 0 spiro atoms. The molecular weight excluding hydrogens is 330 g/mol. The molecule has 2 aromatic rings. The van der Waals surface area contributed by atoms with E-state index in [1.54, 1.807) is 0 Å². The van der Waals surface area contributed by atoms with Crippen LogP contribution in [0.15, 0.2) is 22.8 Å². The molecule has 0 unspecified atom stereocenters. The van der Waals surface area contributed by atoms with Crippen LogP contribution in [0.1, 0.15) is 12.5 Å². The molecule has 26 heavy (non-hydrogen) atoms. The third-order valence-corrected chi connectivity index (χ3v) is 6.05. The largest absolute Gasteiger partial charge is 0.396 e. The van der Waals surface area contributed by atoms with E-state index >= 15 is 0 Å². The minimum Gasteiger partial charge on any atom is -0.396 e. The smallest absolute Gasteiger partial charge is 0.139 e. The van der Waals surface area contributed by atoms with E-state index in [4.69, 9.17) is 4.63 Å². The van der Waals surface area contributed by atoms with E-state index in [-0.39, 0.29) is 6.61 Å². The number of hydrogen-bond donors (Lipinski definition) is 1. The van der Waals surface area contributed by atoms with Crippen molar-refractivity contribution in [2.24, 2.45) is 11.8 Å². The van der Waals surface area contributed by atoms with E-state index in [1.807, 2.05) is 12.1 Å². The molecule has 2 aliphatic rings. The van der Waals surface area contributed by atoms with Gasteiger partial charge >= 0.3 is 0 Å². The molecule has 0 radical (unpaired) electrons. The third kappa shape index (κ3) is 3.76. The van der Waals surface area contributed by atoms with Gasteiger partial charge in [0.1, 0.15) is 11.0 Å². The van der Waals surface area contributed by atoms with Crippen LogP contribution in [-0.4, -0.2) is 89.1 Å². The number of aliphatic hydroxyl groups excluding tert-OH is 1. The van der Waals surface area contributed by atoms with Crippen molar-refractivity contribution in [3.05, 3.63) is 23.8 Å². The van der Waals surface area contributed by atoms with Crippen LogP contribution in [-0.2, 0) is 6.54 Å². The van der Waals surface area contributed by atoms with Crippen molar-refractivity contribution >= 4 is 11.0 Å². The van der Waals surface area contributed by atoms with Gasteiger partial charge in [-0.25, -0.2) is 4.63 Å². The van der Waals surface area contributed by atoms with Gasteiger partial charge in [0, 0.05) is 59.0 Å². The number of benzene rings is 1. The number of rotatable bonds is 6. The molecule has 2 aliphatic heterocycles. The Morgan fingerprint density at radius 1 is 1.04 bits per heavy atom. The average molecular weight is 359 g/mol. The summed E-state index contributed by atoms with van der Waals surface area (Å²) in [6, 6.07) is 6.03. The summed E-state index contributed by atoms with van der Waals surface area (Å²) in [4.78, 5) is 7.52. The lowest BCUT2D eigenvalue weighted by molar-refractivity contribution is 0.106. The van der Waals surface area contributed by atoms with Gasteiger partial charge < -0.3 is 14.9 Å². The highest BCUT2D eigenvalue weighted by Crippen LogP contribution is 2.27. The van der Waals surface area contributed by atoms with Gasteiger partial charge in [-0.05, 0) is 40.3 Å². The molecule has 2 atom stereocenters. The van der Waals surface area contributed by atoms with Crippen LogP contribution < -0.4 is 0 Å². The van der Waals surface area contributed by atoms with E-state index < -0.39 is 0 Å². The van der Waals surface area contributed by atoms with Gasteiger partial charge in [0.05, 0.1) is 0 Å². The summed E-state index contributed by atoms with van der Waals surface area (Å²) < 4.78 is 4.88. The number of aromatic nitrogens is 2. The second-order valence-electron chi connectivity index (χ2n) is 7.68. The number of likely N-dealkylation sites (tertiary alicyclic amines) is 1. The summed E-state index contributed by atoms with van der Waals surface area (Å²) in [6.07, 6.45) is 0. The fourth-order valence-corrected chi connectivity index (χ4v) is 4.43. The van der Waals surface area contributed by atoms with Crippen LogP contribution in [0, 0.1) is 11.8 Å². The van der Waals surface area contributed by atoms with E-state index in [0.29, 0.717) is 11.8 Å². The van der Waals surface area contributed by atoms with Crippen LogP contribution in [0.3, 0.4) is 0 Å². The first kappa shape index (κ1) is 17.9. The molecule has 2 fully saturated rings. The number of nitrogens with zero attached hydrogens (tertiary/aromatic N) is 5. The summed E-state index contributed by atoms with van der Waals surface area (Å²) in [6.45, 7) is 12.2. The van der Waals surface area contributed by atoms with Crippen molar-refractivity contribution in [3.8, 4) is 0 Å². The topological polar surface area (TPSA) is 68.9 Å². The predicted octanol–water partition coefficient (Wildman–Crippen LogP) is 0.901. The van der Waals surface area contributed by atoms with E-state index in [9.17, 15) is 5.11 Å². The second-order valence-corrected chi connectivity index (χ2v) is 7.68. The van der Waals surface area contributed by atoms with Crippen LogP contribution in [0.5, 0.6) is 0 Å². The lowest BCUT2D eigenvalue weighted by atomic mass is 9.96. The first-order valence-electron chi connectivity index (χ1n) is 9.75. The first-order chi connectivity index (χ1) is 12.8. The Bertz CT molecular complexity index is 713. The minimum atomic E-state index is 0.270. The number of hydrogen-bond acceptors (Lipinski definition) is 7. The summed E-state index contributed by atoms with van der Waals surface area (Å²) >= 11 is 0. The van der Waals surface area contributed by atoms with Gasteiger partial charge in [-0.15, -0.1) is 0 Å². The van der Waals surface area contributed by atoms with Gasteiger partial charge in [0.2, 0.25) is 0 Å². The quantitative estimate of drug-likeness (QED) is 0.822. The van der Waals surface area contributed by atoms with Gasteiger partial charge in [0.25, 0.3) is 0 Å². The highest BCUT2D eigenvalue weighted by atomic mass is 16.6. The zero-order chi connectivity index (χ0) is 17.9. The van der Waals surface area contributed by atoms with Gasteiger partial charge in [-0.1, -0.05) is 19.1 Å². The van der Waals surface area contributed by atoms with Crippen LogP contribution in [0.4, 0.5) is 0 Å². The molecule has 0 bridgehead atoms. The number of fused-ring (bicyclic) bond motifs is 1. The molecule has 0 amide bonds. The second kappa shape index (κ2) is 8.00. The monoisotopic (exact) mass is 359 g/mol. The predicted molar refractivity (Wildman–Crippen MR) is 99.7 cm³/mol. The van der Waals surface area contributed by atoms with Crippen molar-refractivity contribution in [3.63, 3.8) is 0 Å². The maximum absolute atomic E-state index is 9.88. The molecule has 142 valence electrons. The summed E-state index contributed by atoms with van der Waals surface area (Å²) in [5, 5.41) is 17.9. The molecule has 1 aromatic heterocycles. The molecule has 0 aliphatic carbocycles. The lowest BCUT2D eigenvalue weighted by Crippen LogP contribution is -2.48. The van der Waals surface area contributed by atoms with Crippen LogP contribution in [0.25, 0.3) is 11.0 Å². The fourth-order valence-electron chi connectivity index (χ4n) is 4.43. The van der Waals surface area contributed by atoms with Crippen molar-refractivity contribution < 1.29 is 9.74 Å². The summed E-state index contributed by atoms with van der Waals surface area (Å²) in [5.74, 6) is 0.886. The molecular formula is C19H29N5O2. The van der Waals surface area contributed by atoms with Crippen LogP contribution in [0.2, 0.25) is 0 Å². The highest BCUT2D eigenvalue weighted by molar-refractivity contribution is 5.76. The van der Waals surface area contributed by atoms with Gasteiger partial charge in [-0.2, -0.15) is 0 Å². The Labute approximate surface area is 154 Å². The zero-order valence-electron chi connectivity index (χ0n) is 15.5. The molecule has 7 heteroatoms. The molecule has 1 aromatic carbocycles. The van der Waals surface area contributed by atoms with E-state index in [1.165, 1.54) is 0 Å². The maximum atomic E-state index is 9.88. The SMILES string of the molecule is CCN1CCN(C[C@@H]2CN(Cc3cccc4nonc34)C[C@@H]2CO)CC1. The molecule has 4 rings (SSSR count). The average Bonchev–Trinajstić information content (AvgIpc) is 3.29. The molecule has 0 saturated carbocycles. The Balaban J connectivity index is 1.37. The Kier molecular flexibility index (Phi) is 5.49. The van der Waals surface area contributed by atoms with Crippen molar-refractivity contribution in [1.29, 1.82) is 0 Å². The van der Waals surface area contributed by atoms with E-state index in [2.05, 4.69) is 38.0 Å². The van der Waals surface area contributed by atoms with Crippen molar-refractivity contribution in [1.82, 2.24) is 25.0 Å². The Hall–Kier alpha value is -1.54. The minimum absolute atomic E-state index is 0.270. The number of aliphatic hydroxyl groups is 1. The van der Waals surface area contributed by atoms with Crippen LogP contribution >= 0.6 is 0 Å². The molecule has 2 saturated heterocycles. The summed E-state index contributed by atoms with van der Waals surface area (Å²) in [7, 11) is 0. The Morgan fingerprint density at radius 3 is 2.58 bits per heavy atom. The highest BCUT2D eigenvalue weighted by Gasteiger charge is 2.34. The zero-order valence-corrected chi connectivity index (χ0v) is 15.5. The van der Waals surface area contributed by atoms with Gasteiger partial charge in [0.15, 0.2) is 0 Å². The normalized spacial score (nSPS) is 26.1. The lowest BCUT2D eigenvalue weighted by Gasteiger charge is -2.36. The molecule has 1 N–H and O–H groups in total. The summed E-state index contributed by atoms with van der Waals surface area (Å²) in [5.41, 5.74) is 2.82. The van der Waals surface area contributed by atoms with E-state index in [0.717, 1.165) is 75.5 Å². The standard InChI is InChI=1S/C19H29N5O2/c1-2-22-6-8-23(9-7-22)11-16-12-24(13-17(16)14-25)10-15-4-3-5-18-19(15)21-26-20-18/h3-5,16-17,25H,2,6-14H2,1H3/t16-,17-/m1/s1. The third-order valence-electron chi connectivity index (χ3n) is 6.05. The molecule has 3 heterocycles. The Morgan fingerprint density at radius 2 is 1.81 bits per heavy atom. The number of likely N-dealkylation sites (N-methyl/N-ethyl adjacent to an activating group) is 1.